The van der Waals surface area contributed by atoms with Crippen molar-refractivity contribution in [2.45, 2.75) is 0 Å². The quantitative estimate of drug-likeness (QED) is 0.569. The molecule has 3 aromatic rings. The Morgan fingerprint density at radius 2 is 1.68 bits per heavy atom. The second-order valence-corrected chi connectivity index (χ2v) is 6.34. The molecule has 0 aliphatic heterocycles. The number of hydrogen-bond donors (Lipinski definition) is 2. The van der Waals surface area contributed by atoms with E-state index in [0.29, 0.717) is 37.8 Å². The lowest BCUT2D eigenvalue weighted by molar-refractivity contribution is 0.102. The summed E-state index contributed by atoms with van der Waals surface area (Å²) in [5.74, 6) is 0.339. The Bertz CT molecular complexity index is 896. The van der Waals surface area contributed by atoms with E-state index in [2.05, 4.69) is 15.6 Å². The molecule has 126 valence electrons. The van der Waals surface area contributed by atoms with Crippen molar-refractivity contribution in [2.75, 3.05) is 10.6 Å². The lowest BCUT2D eigenvalue weighted by Gasteiger charge is -2.10. The van der Waals surface area contributed by atoms with Crippen molar-refractivity contribution < 1.29 is 4.79 Å². The SMILES string of the molecule is O=C(Nc1ccc(Nc2cccc(Cl)c2Cl)nc1)c1ccc(Cl)cc1. The van der Waals surface area contributed by atoms with Crippen LogP contribution in [0.25, 0.3) is 0 Å². The molecule has 1 heterocycles. The first kappa shape index (κ1) is 17.5. The maximum atomic E-state index is 12.2. The van der Waals surface area contributed by atoms with E-state index in [1.807, 2.05) is 0 Å². The Morgan fingerprint density at radius 1 is 0.920 bits per heavy atom. The first-order valence-corrected chi connectivity index (χ1v) is 8.40. The number of rotatable bonds is 4. The molecular weight excluding hydrogens is 381 g/mol. The Balaban J connectivity index is 1.69. The molecule has 2 N–H and O–H groups in total. The van der Waals surface area contributed by atoms with Gasteiger partial charge < -0.3 is 10.6 Å². The number of hydrogen-bond acceptors (Lipinski definition) is 3. The van der Waals surface area contributed by atoms with Gasteiger partial charge in [0.25, 0.3) is 5.91 Å². The molecule has 0 radical (unpaired) electrons. The Hall–Kier alpha value is -2.27. The van der Waals surface area contributed by atoms with Gasteiger partial charge in [0.1, 0.15) is 5.82 Å². The summed E-state index contributed by atoms with van der Waals surface area (Å²) in [6, 6.07) is 15.4. The summed E-state index contributed by atoms with van der Waals surface area (Å²) in [6.45, 7) is 0. The van der Waals surface area contributed by atoms with Gasteiger partial charge in [-0.3, -0.25) is 4.79 Å². The molecule has 1 amide bonds. The van der Waals surface area contributed by atoms with Gasteiger partial charge in [0, 0.05) is 10.6 Å². The highest BCUT2D eigenvalue weighted by atomic mass is 35.5. The van der Waals surface area contributed by atoms with Crippen LogP contribution >= 0.6 is 34.8 Å². The topological polar surface area (TPSA) is 54.0 Å². The normalized spacial score (nSPS) is 10.4. The van der Waals surface area contributed by atoms with E-state index in [1.165, 1.54) is 0 Å². The van der Waals surface area contributed by atoms with Crippen molar-refractivity contribution in [3.8, 4) is 0 Å². The predicted molar refractivity (Wildman–Crippen MR) is 103 cm³/mol. The molecule has 0 atom stereocenters. The Kier molecular flexibility index (Phi) is 5.43. The van der Waals surface area contributed by atoms with Crippen molar-refractivity contribution >= 4 is 57.9 Å². The summed E-state index contributed by atoms with van der Waals surface area (Å²) in [5.41, 5.74) is 1.74. The summed E-state index contributed by atoms with van der Waals surface area (Å²) >= 11 is 17.9. The van der Waals surface area contributed by atoms with Crippen LogP contribution in [0.2, 0.25) is 15.1 Å². The van der Waals surface area contributed by atoms with Crippen LogP contribution in [0.15, 0.2) is 60.8 Å². The molecule has 0 aliphatic carbocycles. The molecule has 0 saturated carbocycles. The third kappa shape index (κ3) is 4.42. The smallest absolute Gasteiger partial charge is 0.255 e. The molecular formula is C18H12Cl3N3O. The molecule has 0 fully saturated rings. The van der Waals surface area contributed by atoms with Crippen molar-refractivity contribution in [3.63, 3.8) is 0 Å². The highest BCUT2D eigenvalue weighted by molar-refractivity contribution is 6.43. The van der Waals surface area contributed by atoms with Gasteiger partial charge in [0.15, 0.2) is 0 Å². The summed E-state index contributed by atoms with van der Waals surface area (Å²) in [4.78, 5) is 16.4. The maximum Gasteiger partial charge on any atom is 0.255 e. The number of pyridine rings is 1. The molecule has 0 bridgehead atoms. The second kappa shape index (κ2) is 7.74. The van der Waals surface area contributed by atoms with Crippen LogP contribution in [-0.4, -0.2) is 10.9 Å². The molecule has 0 spiro atoms. The van der Waals surface area contributed by atoms with Crippen molar-refractivity contribution in [3.05, 3.63) is 81.4 Å². The number of nitrogens with zero attached hydrogens (tertiary/aromatic N) is 1. The van der Waals surface area contributed by atoms with Crippen LogP contribution in [0.4, 0.5) is 17.2 Å². The summed E-state index contributed by atoms with van der Waals surface area (Å²) in [6.07, 6.45) is 1.55. The number of halogens is 3. The van der Waals surface area contributed by atoms with Crippen molar-refractivity contribution in [1.82, 2.24) is 4.98 Å². The van der Waals surface area contributed by atoms with Gasteiger partial charge in [-0.15, -0.1) is 0 Å². The van der Waals surface area contributed by atoms with Crippen LogP contribution in [0.5, 0.6) is 0 Å². The number of nitrogens with one attached hydrogen (secondary N) is 2. The maximum absolute atomic E-state index is 12.2. The highest BCUT2D eigenvalue weighted by Gasteiger charge is 2.08. The van der Waals surface area contributed by atoms with Gasteiger partial charge in [-0.1, -0.05) is 40.9 Å². The molecule has 3 rings (SSSR count). The molecule has 7 heteroatoms. The fraction of sp³-hybridized carbons (Fsp3) is 0. The molecule has 25 heavy (non-hydrogen) atoms. The largest absolute Gasteiger partial charge is 0.339 e. The van der Waals surface area contributed by atoms with E-state index in [9.17, 15) is 4.79 Å². The predicted octanol–water partition coefficient (Wildman–Crippen LogP) is 6.04. The minimum atomic E-state index is -0.239. The average molecular weight is 393 g/mol. The van der Waals surface area contributed by atoms with Crippen LogP contribution in [0.3, 0.4) is 0 Å². The van der Waals surface area contributed by atoms with Gasteiger partial charge in [-0.05, 0) is 48.5 Å². The number of anilines is 3. The van der Waals surface area contributed by atoms with E-state index in [-0.39, 0.29) is 5.91 Å². The fourth-order valence-corrected chi connectivity index (χ4v) is 2.56. The molecule has 4 nitrogen and oxygen atoms in total. The van der Waals surface area contributed by atoms with Gasteiger partial charge >= 0.3 is 0 Å². The van der Waals surface area contributed by atoms with Gasteiger partial charge in [-0.25, -0.2) is 4.98 Å². The van der Waals surface area contributed by atoms with E-state index in [1.54, 1.807) is 60.8 Å². The summed E-state index contributed by atoms with van der Waals surface area (Å²) in [7, 11) is 0. The monoisotopic (exact) mass is 391 g/mol. The van der Waals surface area contributed by atoms with Crippen LogP contribution in [0, 0.1) is 0 Å². The minimum Gasteiger partial charge on any atom is -0.339 e. The average Bonchev–Trinajstić information content (AvgIpc) is 2.61. The van der Waals surface area contributed by atoms with E-state index < -0.39 is 0 Å². The first-order chi connectivity index (χ1) is 12.0. The van der Waals surface area contributed by atoms with Gasteiger partial charge in [0.05, 0.1) is 27.6 Å². The lowest BCUT2D eigenvalue weighted by atomic mass is 10.2. The van der Waals surface area contributed by atoms with Crippen molar-refractivity contribution in [1.29, 1.82) is 0 Å². The Labute approximate surface area is 159 Å². The van der Waals surface area contributed by atoms with E-state index in [4.69, 9.17) is 34.8 Å². The van der Waals surface area contributed by atoms with Crippen LogP contribution in [0.1, 0.15) is 10.4 Å². The summed E-state index contributed by atoms with van der Waals surface area (Å²) in [5, 5.41) is 7.30. The fourth-order valence-electron chi connectivity index (χ4n) is 2.08. The van der Waals surface area contributed by atoms with Crippen molar-refractivity contribution in [2.24, 2.45) is 0 Å². The molecule has 1 aromatic heterocycles. The number of amides is 1. The zero-order valence-electron chi connectivity index (χ0n) is 12.8. The van der Waals surface area contributed by atoms with E-state index >= 15 is 0 Å². The number of aromatic nitrogens is 1. The number of carbonyl (C=O) groups is 1. The zero-order valence-corrected chi connectivity index (χ0v) is 15.0. The molecule has 0 aliphatic rings. The van der Waals surface area contributed by atoms with Crippen LogP contribution in [-0.2, 0) is 0 Å². The molecule has 0 saturated heterocycles. The minimum absolute atomic E-state index is 0.239. The third-order valence-electron chi connectivity index (χ3n) is 3.34. The zero-order chi connectivity index (χ0) is 17.8. The second-order valence-electron chi connectivity index (χ2n) is 5.12. The first-order valence-electron chi connectivity index (χ1n) is 7.27. The van der Waals surface area contributed by atoms with Crippen LogP contribution < -0.4 is 10.6 Å². The van der Waals surface area contributed by atoms with Gasteiger partial charge in [-0.2, -0.15) is 0 Å². The summed E-state index contributed by atoms with van der Waals surface area (Å²) < 4.78 is 0. The molecule has 2 aromatic carbocycles. The lowest BCUT2D eigenvalue weighted by Crippen LogP contribution is -2.11. The Morgan fingerprint density at radius 3 is 2.36 bits per heavy atom. The number of carbonyl (C=O) groups excluding carboxylic acids is 1. The highest BCUT2D eigenvalue weighted by Crippen LogP contribution is 2.31. The number of benzene rings is 2. The third-order valence-corrected chi connectivity index (χ3v) is 4.41. The molecule has 0 unspecified atom stereocenters. The standard InChI is InChI=1S/C18H12Cl3N3O/c19-12-6-4-11(5-7-12)18(25)23-13-8-9-16(22-10-13)24-15-3-1-2-14(20)17(15)21/h1-10H,(H,22,24)(H,23,25). The van der Waals surface area contributed by atoms with E-state index in [0.717, 1.165) is 0 Å². The van der Waals surface area contributed by atoms with Gasteiger partial charge in [0.2, 0.25) is 0 Å².